The van der Waals surface area contributed by atoms with E-state index in [9.17, 15) is 0 Å². The normalized spacial score (nSPS) is 12.5. The molecule has 0 bridgehead atoms. The van der Waals surface area contributed by atoms with Crippen LogP contribution in [-0.2, 0) is 25.7 Å². The summed E-state index contributed by atoms with van der Waals surface area (Å²) in [7, 11) is 5.21. The Labute approximate surface area is 267 Å². The highest BCUT2D eigenvalue weighted by Crippen LogP contribution is 2.35. The molecule has 1 atom stereocenters. The van der Waals surface area contributed by atoms with Gasteiger partial charge in [-0.3, -0.25) is 0 Å². The number of ether oxygens (including phenoxy) is 5. The van der Waals surface area contributed by atoms with Crippen LogP contribution in [0, 0.1) is 16.7 Å². The monoisotopic (exact) mass is 604 g/mol. The molecule has 0 spiro atoms. The van der Waals surface area contributed by atoms with Crippen molar-refractivity contribution in [3.63, 3.8) is 0 Å². The van der Waals surface area contributed by atoms with E-state index in [1.54, 1.807) is 21.3 Å². The van der Waals surface area contributed by atoms with Crippen LogP contribution in [0.5, 0.6) is 28.7 Å². The quantitative estimate of drug-likeness (QED) is 0.152. The lowest BCUT2D eigenvalue weighted by Crippen LogP contribution is -2.14. The zero-order valence-electron chi connectivity index (χ0n) is 29.0. The fourth-order valence-corrected chi connectivity index (χ4v) is 5.53. The van der Waals surface area contributed by atoms with Gasteiger partial charge >= 0.3 is 0 Å². The first-order chi connectivity index (χ1) is 20.8. The van der Waals surface area contributed by atoms with Gasteiger partial charge in [0.05, 0.1) is 21.3 Å². The molecule has 0 radical (unpaired) electrons. The summed E-state index contributed by atoms with van der Waals surface area (Å²) >= 11 is 0. The lowest BCUT2D eigenvalue weighted by molar-refractivity contribution is 0.211. The molecule has 0 saturated heterocycles. The Morgan fingerprint density at radius 2 is 1.16 bits per heavy atom. The molecule has 0 amide bonds. The maximum absolute atomic E-state index is 6.29. The van der Waals surface area contributed by atoms with E-state index in [0.717, 1.165) is 78.4 Å². The van der Waals surface area contributed by atoms with Gasteiger partial charge in [-0.2, -0.15) is 0 Å². The van der Waals surface area contributed by atoms with Crippen molar-refractivity contribution in [3.8, 4) is 28.7 Å². The molecule has 0 aromatic heterocycles. The first-order valence-corrected chi connectivity index (χ1v) is 16.1. The Morgan fingerprint density at radius 1 is 0.614 bits per heavy atom. The summed E-state index contributed by atoms with van der Waals surface area (Å²) in [6.07, 6.45) is 5.90. The van der Waals surface area contributed by atoms with Crippen LogP contribution in [0.15, 0.2) is 54.6 Å². The zero-order valence-corrected chi connectivity index (χ0v) is 29.0. The van der Waals surface area contributed by atoms with Crippen LogP contribution < -0.4 is 23.7 Å². The predicted molar refractivity (Wildman–Crippen MR) is 182 cm³/mol. The minimum atomic E-state index is 0.109. The molecule has 0 fully saturated rings. The Hall–Kier alpha value is -3.34. The summed E-state index contributed by atoms with van der Waals surface area (Å²) in [5.74, 6) is 4.90. The fraction of sp³-hybridized carbons (Fsp3) is 0.538. The van der Waals surface area contributed by atoms with E-state index >= 15 is 0 Å². The van der Waals surface area contributed by atoms with Crippen LogP contribution in [0.2, 0.25) is 0 Å². The Balaban J connectivity index is 1.61. The standard InChI is InChI=1S/C39H56O5/c1-28(25-29-18-19-30(37(26-29)42-10)21-22-38(2,3)4)17-20-31-33(40-8)13-11-15-35(31)43-23-24-44-36-16-12-14-34(41-9)32(36)27-39(5,6)7/h11-16,18-19,26,28H,17,20-25,27H2,1-10H3. The SMILES string of the molecule is COc1cc(CC(C)CCc2c(OC)cccc2OCCOc2cccc(OC)c2CC(C)(C)C)ccc1CCC(C)(C)C. The predicted octanol–water partition coefficient (Wildman–Crippen LogP) is 9.55. The number of benzene rings is 3. The van der Waals surface area contributed by atoms with Gasteiger partial charge in [-0.15, -0.1) is 0 Å². The summed E-state index contributed by atoms with van der Waals surface area (Å²) in [5.41, 5.74) is 5.21. The Kier molecular flexibility index (Phi) is 12.9. The van der Waals surface area contributed by atoms with Crippen molar-refractivity contribution in [1.82, 2.24) is 0 Å². The molecule has 0 aliphatic rings. The molecule has 5 heteroatoms. The number of hydrogen-bond acceptors (Lipinski definition) is 5. The average Bonchev–Trinajstić information content (AvgIpc) is 2.97. The number of aryl methyl sites for hydroxylation is 1. The molecule has 3 rings (SSSR count). The van der Waals surface area contributed by atoms with Crippen LogP contribution in [0.4, 0.5) is 0 Å². The smallest absolute Gasteiger partial charge is 0.126 e. The number of rotatable bonds is 16. The van der Waals surface area contributed by atoms with Crippen molar-refractivity contribution in [1.29, 1.82) is 0 Å². The maximum Gasteiger partial charge on any atom is 0.126 e. The number of methoxy groups -OCH3 is 3. The van der Waals surface area contributed by atoms with Crippen molar-refractivity contribution in [3.05, 3.63) is 76.9 Å². The molecule has 0 saturated carbocycles. The van der Waals surface area contributed by atoms with Gasteiger partial charge in [-0.25, -0.2) is 0 Å². The highest BCUT2D eigenvalue weighted by atomic mass is 16.5. The summed E-state index contributed by atoms with van der Waals surface area (Å²) in [4.78, 5) is 0. The van der Waals surface area contributed by atoms with Crippen molar-refractivity contribution < 1.29 is 23.7 Å². The van der Waals surface area contributed by atoms with Crippen LogP contribution in [-0.4, -0.2) is 34.5 Å². The van der Waals surface area contributed by atoms with E-state index in [4.69, 9.17) is 23.7 Å². The van der Waals surface area contributed by atoms with E-state index in [2.05, 4.69) is 66.7 Å². The van der Waals surface area contributed by atoms with Gasteiger partial charge in [-0.1, -0.05) is 72.7 Å². The largest absolute Gasteiger partial charge is 0.496 e. The summed E-state index contributed by atoms with van der Waals surface area (Å²) in [6.45, 7) is 16.7. The second-order valence-corrected chi connectivity index (χ2v) is 14.4. The fourth-order valence-electron chi connectivity index (χ4n) is 5.53. The Bertz CT molecular complexity index is 1320. The second-order valence-electron chi connectivity index (χ2n) is 14.4. The van der Waals surface area contributed by atoms with Crippen LogP contribution in [0.25, 0.3) is 0 Å². The van der Waals surface area contributed by atoms with Gasteiger partial charge in [-0.05, 0) is 96.7 Å². The van der Waals surface area contributed by atoms with Crippen molar-refractivity contribution in [2.24, 2.45) is 16.7 Å². The van der Waals surface area contributed by atoms with Crippen molar-refractivity contribution in [2.45, 2.75) is 87.0 Å². The van der Waals surface area contributed by atoms with Gasteiger partial charge in [0.1, 0.15) is 42.0 Å². The molecule has 44 heavy (non-hydrogen) atoms. The second kappa shape index (κ2) is 16.1. The van der Waals surface area contributed by atoms with Gasteiger partial charge < -0.3 is 23.7 Å². The lowest BCUT2D eigenvalue weighted by Gasteiger charge is -2.22. The molecule has 0 aliphatic heterocycles. The van der Waals surface area contributed by atoms with Gasteiger partial charge in [0.15, 0.2) is 0 Å². The highest BCUT2D eigenvalue weighted by molar-refractivity contribution is 5.46. The van der Waals surface area contributed by atoms with E-state index in [0.29, 0.717) is 24.5 Å². The van der Waals surface area contributed by atoms with E-state index in [1.165, 1.54) is 11.1 Å². The molecule has 1 unspecified atom stereocenters. The molecule has 0 heterocycles. The molecule has 0 aliphatic carbocycles. The average molecular weight is 605 g/mol. The molecule has 242 valence electrons. The minimum absolute atomic E-state index is 0.109. The molecule has 0 N–H and O–H groups in total. The van der Waals surface area contributed by atoms with Crippen LogP contribution in [0.1, 0.15) is 83.6 Å². The van der Waals surface area contributed by atoms with E-state index in [-0.39, 0.29) is 5.41 Å². The third-order valence-electron chi connectivity index (χ3n) is 7.89. The first-order valence-electron chi connectivity index (χ1n) is 16.1. The first kappa shape index (κ1) is 35.1. The van der Waals surface area contributed by atoms with E-state index < -0.39 is 0 Å². The molecule has 3 aromatic rings. The van der Waals surface area contributed by atoms with Crippen molar-refractivity contribution in [2.75, 3.05) is 34.5 Å². The third kappa shape index (κ3) is 11.0. The number of hydrogen-bond donors (Lipinski definition) is 0. The summed E-state index contributed by atoms with van der Waals surface area (Å²) in [6, 6.07) is 18.7. The maximum atomic E-state index is 6.29. The van der Waals surface area contributed by atoms with Crippen LogP contribution >= 0.6 is 0 Å². The van der Waals surface area contributed by atoms with Gasteiger partial charge in [0, 0.05) is 11.1 Å². The molecule has 5 nitrogen and oxygen atoms in total. The molecular formula is C39H56O5. The Morgan fingerprint density at radius 3 is 1.70 bits per heavy atom. The highest BCUT2D eigenvalue weighted by Gasteiger charge is 2.19. The van der Waals surface area contributed by atoms with E-state index in [1.807, 2.05) is 36.4 Å². The summed E-state index contributed by atoms with van der Waals surface area (Å²) in [5, 5.41) is 0. The minimum Gasteiger partial charge on any atom is -0.496 e. The van der Waals surface area contributed by atoms with Crippen molar-refractivity contribution >= 4 is 0 Å². The van der Waals surface area contributed by atoms with Crippen LogP contribution in [0.3, 0.4) is 0 Å². The zero-order chi connectivity index (χ0) is 32.3. The molecular weight excluding hydrogens is 548 g/mol. The molecule has 3 aromatic carbocycles. The lowest BCUT2D eigenvalue weighted by atomic mass is 9.87. The third-order valence-corrected chi connectivity index (χ3v) is 7.89. The summed E-state index contributed by atoms with van der Waals surface area (Å²) < 4.78 is 29.7. The van der Waals surface area contributed by atoms with Gasteiger partial charge in [0.25, 0.3) is 0 Å². The topological polar surface area (TPSA) is 46.2 Å². The van der Waals surface area contributed by atoms with Gasteiger partial charge in [0.2, 0.25) is 0 Å².